The van der Waals surface area contributed by atoms with Crippen molar-refractivity contribution in [1.82, 2.24) is 4.90 Å². The van der Waals surface area contributed by atoms with Gasteiger partial charge < -0.3 is 4.74 Å². The highest BCUT2D eigenvalue weighted by Crippen LogP contribution is 2.31. The van der Waals surface area contributed by atoms with Crippen molar-refractivity contribution in [1.29, 1.82) is 0 Å². The van der Waals surface area contributed by atoms with E-state index in [9.17, 15) is 22.6 Å². The van der Waals surface area contributed by atoms with E-state index in [-0.39, 0.29) is 18.5 Å². The second kappa shape index (κ2) is 5.12. The summed E-state index contributed by atoms with van der Waals surface area (Å²) in [6.07, 6.45) is -0.132. The van der Waals surface area contributed by atoms with Gasteiger partial charge in [-0.2, -0.15) is 8.42 Å². The summed E-state index contributed by atoms with van der Waals surface area (Å²) in [5, 5.41) is 0. The average Bonchev–Trinajstić information content (AvgIpc) is 2.75. The molecule has 1 aromatic rings. The molecule has 1 atom stereocenters. The lowest BCUT2D eigenvalue weighted by molar-refractivity contribution is -0.127. The molecule has 1 saturated heterocycles. The number of hydrogen-bond donors (Lipinski definition) is 1. The summed E-state index contributed by atoms with van der Waals surface area (Å²) in [5.41, 5.74) is 0.240. The largest absolute Gasteiger partial charge is 0.497 e. The van der Waals surface area contributed by atoms with E-state index in [1.54, 1.807) is 12.1 Å². The van der Waals surface area contributed by atoms with Crippen molar-refractivity contribution < 1.29 is 27.3 Å². The Hall–Kier alpha value is -1.93. The number of amides is 2. The lowest BCUT2D eigenvalue weighted by Gasteiger charge is -2.19. The summed E-state index contributed by atoms with van der Waals surface area (Å²) < 4.78 is 34.9. The molecule has 0 radical (unpaired) electrons. The van der Waals surface area contributed by atoms with E-state index in [1.807, 2.05) is 0 Å². The molecule has 0 saturated carbocycles. The van der Waals surface area contributed by atoms with Gasteiger partial charge in [0.2, 0.25) is 0 Å². The highest BCUT2D eigenvalue weighted by molar-refractivity contribution is 7.88. The molecule has 1 fully saturated rings. The number of ether oxygens (including phenoxy) is 1. The van der Waals surface area contributed by atoms with Gasteiger partial charge in [0.25, 0.3) is 21.9 Å². The van der Waals surface area contributed by atoms with E-state index >= 15 is 0 Å². The van der Waals surface area contributed by atoms with Crippen LogP contribution < -0.4 is 4.74 Å². The lowest BCUT2D eigenvalue weighted by Crippen LogP contribution is -2.45. The number of likely N-dealkylation sites (tertiary alicyclic amines) is 1. The van der Waals surface area contributed by atoms with Crippen molar-refractivity contribution in [2.75, 3.05) is 13.7 Å². The monoisotopic (exact) mass is 313 g/mol. The highest BCUT2D eigenvalue weighted by atomic mass is 32.2. The van der Waals surface area contributed by atoms with E-state index in [2.05, 4.69) is 0 Å². The van der Waals surface area contributed by atoms with Crippen molar-refractivity contribution in [3.05, 3.63) is 29.8 Å². The Morgan fingerprint density at radius 1 is 1.33 bits per heavy atom. The average molecular weight is 313 g/mol. The standard InChI is InChI=1S/C13H15NO6S/c1-13(21(17,18)19)7-8-14(12(13)16)11(15)9-3-5-10(20-2)6-4-9/h3-6H,7-8H2,1-2H3,(H,17,18,19). The maximum atomic E-state index is 12.3. The molecule has 1 aromatic carbocycles. The van der Waals surface area contributed by atoms with Gasteiger partial charge in [0.15, 0.2) is 4.75 Å². The molecule has 0 bridgehead atoms. The van der Waals surface area contributed by atoms with Crippen molar-refractivity contribution in [3.8, 4) is 5.75 Å². The number of carbonyl (C=O) groups is 2. The van der Waals surface area contributed by atoms with Gasteiger partial charge in [-0.05, 0) is 37.6 Å². The number of carbonyl (C=O) groups excluding carboxylic acids is 2. The van der Waals surface area contributed by atoms with Crippen LogP contribution in [0.2, 0.25) is 0 Å². The maximum Gasteiger partial charge on any atom is 0.279 e. The van der Waals surface area contributed by atoms with Crippen LogP contribution in [0.1, 0.15) is 23.7 Å². The van der Waals surface area contributed by atoms with E-state index < -0.39 is 26.7 Å². The second-order valence-electron chi connectivity index (χ2n) is 4.95. The fourth-order valence-corrected chi connectivity index (χ4v) is 2.82. The smallest absolute Gasteiger partial charge is 0.279 e. The third kappa shape index (κ3) is 2.52. The predicted molar refractivity (Wildman–Crippen MR) is 73.6 cm³/mol. The van der Waals surface area contributed by atoms with Gasteiger partial charge >= 0.3 is 0 Å². The van der Waals surface area contributed by atoms with Crippen molar-refractivity contribution in [3.63, 3.8) is 0 Å². The molecule has 21 heavy (non-hydrogen) atoms. The van der Waals surface area contributed by atoms with Crippen LogP contribution in [-0.4, -0.2) is 48.1 Å². The normalized spacial score (nSPS) is 22.4. The van der Waals surface area contributed by atoms with Gasteiger partial charge in [0.1, 0.15) is 5.75 Å². The minimum Gasteiger partial charge on any atom is -0.497 e. The predicted octanol–water partition coefficient (Wildman–Crippen LogP) is 0.714. The number of benzene rings is 1. The fourth-order valence-electron chi connectivity index (χ4n) is 2.14. The first-order chi connectivity index (χ1) is 9.70. The Morgan fingerprint density at radius 3 is 2.33 bits per heavy atom. The molecule has 0 aromatic heterocycles. The van der Waals surface area contributed by atoms with Crippen molar-refractivity contribution >= 4 is 21.9 Å². The minimum atomic E-state index is -4.57. The summed E-state index contributed by atoms with van der Waals surface area (Å²) in [5.74, 6) is -0.956. The van der Waals surface area contributed by atoms with Crippen LogP contribution in [0.3, 0.4) is 0 Å². The Morgan fingerprint density at radius 2 is 1.90 bits per heavy atom. The van der Waals surface area contributed by atoms with E-state index in [0.717, 1.165) is 11.8 Å². The van der Waals surface area contributed by atoms with E-state index in [4.69, 9.17) is 4.74 Å². The third-order valence-electron chi connectivity index (χ3n) is 3.66. The number of hydrogen-bond acceptors (Lipinski definition) is 5. The molecule has 0 spiro atoms. The Balaban J connectivity index is 2.27. The minimum absolute atomic E-state index is 0.0556. The van der Waals surface area contributed by atoms with Crippen LogP contribution in [-0.2, 0) is 14.9 Å². The van der Waals surface area contributed by atoms with Crippen molar-refractivity contribution in [2.45, 2.75) is 18.1 Å². The van der Waals surface area contributed by atoms with Crippen molar-refractivity contribution in [2.24, 2.45) is 0 Å². The van der Waals surface area contributed by atoms with Crippen LogP contribution in [0.5, 0.6) is 5.75 Å². The summed E-state index contributed by atoms with van der Waals surface area (Å²) in [4.78, 5) is 25.3. The molecule has 2 amide bonds. The first kappa shape index (κ1) is 15.5. The topological polar surface area (TPSA) is 101 Å². The summed E-state index contributed by atoms with van der Waals surface area (Å²) >= 11 is 0. The molecule has 1 unspecified atom stereocenters. The quantitative estimate of drug-likeness (QED) is 0.651. The summed E-state index contributed by atoms with van der Waals surface area (Å²) in [6, 6.07) is 6.10. The lowest BCUT2D eigenvalue weighted by atomic mass is 10.1. The molecular formula is C13H15NO6S. The van der Waals surface area contributed by atoms with E-state index in [0.29, 0.717) is 5.75 Å². The van der Waals surface area contributed by atoms with Crippen LogP contribution in [0.25, 0.3) is 0 Å². The van der Waals surface area contributed by atoms with E-state index in [1.165, 1.54) is 19.2 Å². The zero-order valence-electron chi connectivity index (χ0n) is 11.6. The molecule has 1 aliphatic heterocycles. The second-order valence-corrected chi connectivity index (χ2v) is 6.80. The number of methoxy groups -OCH3 is 1. The Labute approximate surface area is 122 Å². The molecule has 8 heteroatoms. The van der Waals surface area contributed by atoms with Gasteiger partial charge in [-0.1, -0.05) is 0 Å². The molecule has 1 heterocycles. The molecule has 7 nitrogen and oxygen atoms in total. The van der Waals surface area contributed by atoms with Crippen LogP contribution in [0.4, 0.5) is 0 Å². The molecule has 2 rings (SSSR count). The van der Waals surface area contributed by atoms with Gasteiger partial charge in [-0.3, -0.25) is 19.0 Å². The Kier molecular flexibility index (Phi) is 3.77. The maximum absolute atomic E-state index is 12.3. The van der Waals surface area contributed by atoms with Gasteiger partial charge in [-0.25, -0.2) is 0 Å². The Bertz CT molecular complexity index is 681. The number of nitrogens with zero attached hydrogens (tertiary/aromatic N) is 1. The highest BCUT2D eigenvalue weighted by Gasteiger charge is 2.54. The molecule has 1 N–H and O–H groups in total. The van der Waals surface area contributed by atoms with Gasteiger partial charge in [-0.15, -0.1) is 0 Å². The molecular weight excluding hydrogens is 298 g/mol. The van der Waals surface area contributed by atoms with Crippen LogP contribution >= 0.6 is 0 Å². The number of imide groups is 1. The first-order valence-electron chi connectivity index (χ1n) is 6.18. The third-order valence-corrected chi connectivity index (χ3v) is 5.18. The number of rotatable bonds is 3. The zero-order valence-corrected chi connectivity index (χ0v) is 12.4. The summed E-state index contributed by atoms with van der Waals surface area (Å²) in [7, 11) is -3.09. The SMILES string of the molecule is COc1ccc(C(=O)N2CCC(C)(S(=O)(=O)O)C2=O)cc1. The summed E-state index contributed by atoms with van der Waals surface area (Å²) in [6.45, 7) is 1.06. The zero-order chi connectivity index (χ0) is 15.8. The molecule has 1 aliphatic rings. The molecule has 114 valence electrons. The van der Waals surface area contributed by atoms with Gasteiger partial charge in [0.05, 0.1) is 7.11 Å². The van der Waals surface area contributed by atoms with Gasteiger partial charge in [0, 0.05) is 12.1 Å². The molecule has 0 aliphatic carbocycles. The first-order valence-corrected chi connectivity index (χ1v) is 7.62. The van der Waals surface area contributed by atoms with Crippen LogP contribution in [0.15, 0.2) is 24.3 Å². The van der Waals surface area contributed by atoms with Crippen LogP contribution in [0, 0.1) is 0 Å². The fraction of sp³-hybridized carbons (Fsp3) is 0.385.